The van der Waals surface area contributed by atoms with E-state index >= 15 is 0 Å². The summed E-state index contributed by atoms with van der Waals surface area (Å²) in [5.74, 6) is -0.167. The van der Waals surface area contributed by atoms with E-state index in [1.807, 2.05) is 36.4 Å². The second-order valence-electron chi connectivity index (χ2n) is 6.53. The number of benzene rings is 2. The average molecular weight is 382 g/mol. The summed E-state index contributed by atoms with van der Waals surface area (Å²) in [7, 11) is 0. The van der Waals surface area contributed by atoms with E-state index in [1.54, 1.807) is 0 Å². The smallest absolute Gasteiger partial charge is 0.320 e. The summed E-state index contributed by atoms with van der Waals surface area (Å²) in [4.78, 5) is 13.6. The molecule has 7 heteroatoms. The number of aliphatic carboxylic acids is 1. The topological polar surface area (TPSA) is 121 Å². The number of aryl methyl sites for hydroxylation is 1. The van der Waals surface area contributed by atoms with Crippen molar-refractivity contribution in [1.29, 1.82) is 0 Å². The molecule has 3 N–H and O–H groups in total. The van der Waals surface area contributed by atoms with E-state index in [2.05, 4.69) is 23.0 Å². The van der Waals surface area contributed by atoms with Gasteiger partial charge in [0.2, 0.25) is 0 Å². The molecule has 7 nitrogen and oxygen atoms in total. The number of carboxylic acids is 1. The maximum atomic E-state index is 10.9. The van der Waals surface area contributed by atoms with E-state index in [9.17, 15) is 4.79 Å². The Morgan fingerprint density at radius 1 is 1.25 bits per heavy atom. The molecule has 0 aliphatic carbocycles. The van der Waals surface area contributed by atoms with Gasteiger partial charge in [-0.1, -0.05) is 42.4 Å². The molecule has 0 aliphatic rings. The van der Waals surface area contributed by atoms with Crippen LogP contribution in [0.25, 0.3) is 21.6 Å². The van der Waals surface area contributed by atoms with E-state index in [1.165, 1.54) is 5.56 Å². The molecule has 148 valence electrons. The molecular formula is C21H26N4O3. The van der Waals surface area contributed by atoms with E-state index in [0.717, 1.165) is 41.7 Å². The average Bonchev–Trinajstić information content (AvgIpc) is 2.71. The molecule has 0 aliphatic heterocycles. The van der Waals surface area contributed by atoms with Crippen molar-refractivity contribution < 1.29 is 14.6 Å². The summed E-state index contributed by atoms with van der Waals surface area (Å²) < 4.78 is 5.80. The molecule has 2 rings (SSSR count). The Kier molecular flexibility index (Phi) is 8.34. The Balaban J connectivity index is 2.03. The quantitative estimate of drug-likeness (QED) is 0.260. The molecule has 2 aromatic carbocycles. The van der Waals surface area contributed by atoms with Crippen molar-refractivity contribution in [1.82, 2.24) is 0 Å². The number of rotatable bonds is 11. The molecule has 1 atom stereocenters. The number of ether oxygens (including phenoxy) is 1. The van der Waals surface area contributed by atoms with Crippen LogP contribution in [0.2, 0.25) is 0 Å². The van der Waals surface area contributed by atoms with Crippen LogP contribution in [-0.2, 0) is 17.6 Å². The monoisotopic (exact) mass is 382 g/mol. The number of unbranched alkanes of at least 4 members (excludes halogenated alkanes) is 1. The van der Waals surface area contributed by atoms with Gasteiger partial charge in [0.15, 0.2) is 0 Å². The Morgan fingerprint density at radius 3 is 2.64 bits per heavy atom. The van der Waals surface area contributed by atoms with Gasteiger partial charge in [0, 0.05) is 11.5 Å². The van der Waals surface area contributed by atoms with Gasteiger partial charge in [0.05, 0.1) is 6.61 Å². The molecule has 0 spiro atoms. The zero-order valence-corrected chi connectivity index (χ0v) is 16.0. The van der Waals surface area contributed by atoms with Crippen molar-refractivity contribution >= 4 is 5.97 Å². The minimum absolute atomic E-state index is 0.308. The van der Waals surface area contributed by atoms with Crippen molar-refractivity contribution in [3.8, 4) is 16.9 Å². The van der Waals surface area contributed by atoms with E-state index in [4.69, 9.17) is 21.1 Å². The third-order valence-corrected chi connectivity index (χ3v) is 4.48. The van der Waals surface area contributed by atoms with Crippen molar-refractivity contribution in [2.24, 2.45) is 10.8 Å². The number of carboxylic acid groups (broad SMARTS) is 1. The molecule has 0 saturated heterocycles. The van der Waals surface area contributed by atoms with Gasteiger partial charge in [-0.15, -0.1) is 0 Å². The first kappa shape index (κ1) is 21.3. The summed E-state index contributed by atoms with van der Waals surface area (Å²) in [5.41, 5.74) is 18.1. The van der Waals surface area contributed by atoms with E-state index in [-0.39, 0.29) is 0 Å². The third kappa shape index (κ3) is 6.30. The first-order valence-electron chi connectivity index (χ1n) is 9.39. The first-order valence-corrected chi connectivity index (χ1v) is 9.39. The lowest BCUT2D eigenvalue weighted by Gasteiger charge is -2.13. The van der Waals surface area contributed by atoms with Crippen LogP contribution in [0.15, 0.2) is 47.6 Å². The molecule has 0 aromatic heterocycles. The minimum atomic E-state index is -0.995. The van der Waals surface area contributed by atoms with Gasteiger partial charge in [-0.05, 0) is 65.6 Å². The predicted molar refractivity (Wildman–Crippen MR) is 109 cm³/mol. The Labute approximate surface area is 164 Å². The van der Waals surface area contributed by atoms with Crippen LogP contribution in [0.1, 0.15) is 30.9 Å². The van der Waals surface area contributed by atoms with Gasteiger partial charge >= 0.3 is 5.97 Å². The highest BCUT2D eigenvalue weighted by atomic mass is 16.5. The Hall–Kier alpha value is -3.02. The zero-order valence-electron chi connectivity index (χ0n) is 16.0. The lowest BCUT2D eigenvalue weighted by atomic mass is 9.96. The van der Waals surface area contributed by atoms with Crippen LogP contribution < -0.4 is 10.5 Å². The number of hydrogen-bond donors (Lipinski definition) is 2. The maximum Gasteiger partial charge on any atom is 0.320 e. The van der Waals surface area contributed by atoms with Gasteiger partial charge in [-0.3, -0.25) is 4.79 Å². The summed E-state index contributed by atoms with van der Waals surface area (Å²) in [6.07, 6.45) is 2.82. The molecular weight excluding hydrogens is 356 g/mol. The largest absolute Gasteiger partial charge is 0.494 e. The third-order valence-electron chi connectivity index (χ3n) is 4.48. The molecule has 2 aromatic rings. The lowest BCUT2D eigenvalue weighted by molar-refractivity contribution is -0.138. The predicted octanol–water partition coefficient (Wildman–Crippen LogP) is 4.34. The van der Waals surface area contributed by atoms with Crippen LogP contribution >= 0.6 is 0 Å². The number of carbonyl (C=O) groups is 1. The Bertz CT molecular complexity index is 830. The summed E-state index contributed by atoms with van der Waals surface area (Å²) >= 11 is 0. The highest BCUT2D eigenvalue weighted by molar-refractivity contribution is 5.74. The normalized spacial score (nSPS) is 11.5. The molecule has 0 amide bonds. The second kappa shape index (κ2) is 11.0. The molecule has 0 saturated carbocycles. The van der Waals surface area contributed by atoms with Crippen LogP contribution in [0.5, 0.6) is 5.75 Å². The number of azide groups is 1. The molecule has 0 fully saturated rings. The van der Waals surface area contributed by atoms with Crippen molar-refractivity contribution in [2.45, 2.75) is 38.6 Å². The van der Waals surface area contributed by atoms with Crippen LogP contribution in [0, 0.1) is 0 Å². The fraction of sp³-hybridized carbons (Fsp3) is 0.381. The molecule has 0 radical (unpaired) electrons. The minimum Gasteiger partial charge on any atom is -0.494 e. The highest BCUT2D eigenvalue weighted by Crippen LogP contribution is 2.28. The summed E-state index contributed by atoms with van der Waals surface area (Å²) in [6, 6.07) is 13.0. The molecule has 0 bridgehead atoms. The molecule has 1 unspecified atom stereocenters. The fourth-order valence-electron chi connectivity index (χ4n) is 2.91. The highest BCUT2D eigenvalue weighted by Gasteiger charge is 2.12. The SMILES string of the molecule is CCc1cc(OCCCCN=[N+]=[N-])ccc1-c1ccc(CC(N)C(=O)O)cc1. The molecule has 28 heavy (non-hydrogen) atoms. The molecule has 0 heterocycles. The fourth-order valence-corrected chi connectivity index (χ4v) is 2.91. The number of nitrogens with two attached hydrogens (primary N) is 1. The van der Waals surface area contributed by atoms with Gasteiger partial charge in [0.1, 0.15) is 11.8 Å². The zero-order chi connectivity index (χ0) is 20.4. The first-order chi connectivity index (χ1) is 13.5. The Morgan fingerprint density at radius 2 is 2.00 bits per heavy atom. The van der Waals surface area contributed by atoms with E-state index < -0.39 is 12.0 Å². The van der Waals surface area contributed by atoms with Crippen molar-refractivity contribution in [3.05, 3.63) is 64.0 Å². The van der Waals surface area contributed by atoms with E-state index in [0.29, 0.717) is 19.6 Å². The van der Waals surface area contributed by atoms with Crippen molar-refractivity contribution in [2.75, 3.05) is 13.2 Å². The summed E-state index contributed by atoms with van der Waals surface area (Å²) in [5, 5.41) is 12.4. The van der Waals surface area contributed by atoms with Crippen molar-refractivity contribution in [3.63, 3.8) is 0 Å². The van der Waals surface area contributed by atoms with Gasteiger partial charge in [-0.25, -0.2) is 0 Å². The van der Waals surface area contributed by atoms with Gasteiger partial charge < -0.3 is 15.6 Å². The van der Waals surface area contributed by atoms with Crippen LogP contribution in [-0.4, -0.2) is 30.3 Å². The van der Waals surface area contributed by atoms with Crippen LogP contribution in [0.4, 0.5) is 0 Å². The standard InChI is InChI=1S/C21H26N4O3/c1-2-16-14-18(28-12-4-3-11-24-25-23)9-10-19(16)17-7-5-15(6-8-17)13-20(22)21(26)27/h5-10,14,20H,2-4,11-13,22H2,1H3,(H,26,27). The lowest BCUT2D eigenvalue weighted by Crippen LogP contribution is -2.32. The second-order valence-corrected chi connectivity index (χ2v) is 6.53. The number of nitrogens with zero attached hydrogens (tertiary/aromatic N) is 3. The van der Waals surface area contributed by atoms with Crippen LogP contribution in [0.3, 0.4) is 0 Å². The van der Waals surface area contributed by atoms with Gasteiger partial charge in [-0.2, -0.15) is 0 Å². The number of hydrogen-bond acceptors (Lipinski definition) is 4. The van der Waals surface area contributed by atoms with Gasteiger partial charge in [0.25, 0.3) is 0 Å². The maximum absolute atomic E-state index is 10.9. The summed E-state index contributed by atoms with van der Waals surface area (Å²) in [6.45, 7) is 3.18.